The molecule has 1 atom stereocenters. The lowest BCUT2D eigenvalue weighted by molar-refractivity contribution is -0.141. The number of aryl methyl sites for hydroxylation is 1. The largest absolute Gasteiger partial charge is 0.467 e. The minimum atomic E-state index is -0.267. The molecule has 88 valence electrons. The molecule has 0 amide bonds. The number of rotatable bonds is 5. The van der Waals surface area contributed by atoms with Gasteiger partial charge in [-0.3, -0.25) is 0 Å². The Balaban J connectivity index is 2.73. The van der Waals surface area contributed by atoms with Gasteiger partial charge in [0.1, 0.15) is 6.04 Å². The summed E-state index contributed by atoms with van der Waals surface area (Å²) < 4.78 is 4.73. The van der Waals surface area contributed by atoms with Crippen molar-refractivity contribution in [2.24, 2.45) is 0 Å². The normalized spacial score (nSPS) is 11.9. The topological polar surface area (TPSA) is 38.3 Å². The van der Waals surface area contributed by atoms with Crippen LogP contribution in [0.5, 0.6) is 0 Å². The van der Waals surface area contributed by atoms with Crippen LogP contribution in [-0.2, 0) is 16.0 Å². The summed E-state index contributed by atoms with van der Waals surface area (Å²) in [6.45, 7) is 4.06. The van der Waals surface area contributed by atoms with Crippen molar-refractivity contribution < 1.29 is 9.53 Å². The number of nitrogens with one attached hydrogen (secondary N) is 1. The molecule has 16 heavy (non-hydrogen) atoms. The number of hydrogen-bond donors (Lipinski definition) is 1. The summed E-state index contributed by atoms with van der Waals surface area (Å²) in [4.78, 5) is 11.4. The van der Waals surface area contributed by atoms with E-state index in [2.05, 4.69) is 24.4 Å². The Labute approximate surface area is 96.8 Å². The van der Waals surface area contributed by atoms with Crippen molar-refractivity contribution in [3.8, 4) is 0 Å². The molecule has 1 aromatic carbocycles. The van der Waals surface area contributed by atoms with Crippen LogP contribution in [0.3, 0.4) is 0 Å². The van der Waals surface area contributed by atoms with Gasteiger partial charge in [-0.2, -0.15) is 0 Å². The maximum atomic E-state index is 11.4. The van der Waals surface area contributed by atoms with Gasteiger partial charge in [0.05, 0.1) is 7.11 Å². The first-order valence-electron chi connectivity index (χ1n) is 5.64. The molecule has 0 saturated heterocycles. The third-order valence-corrected chi connectivity index (χ3v) is 2.57. The molecule has 0 radical (unpaired) electrons. The zero-order chi connectivity index (χ0) is 12.0. The zero-order valence-electron chi connectivity index (χ0n) is 10.1. The molecule has 0 aliphatic heterocycles. The van der Waals surface area contributed by atoms with Gasteiger partial charge in [-0.05, 0) is 30.5 Å². The van der Waals surface area contributed by atoms with Crippen molar-refractivity contribution in [1.82, 2.24) is 0 Å². The van der Waals surface area contributed by atoms with Gasteiger partial charge in [-0.1, -0.05) is 26.0 Å². The summed E-state index contributed by atoms with van der Waals surface area (Å²) in [6, 6.07) is 7.82. The summed E-state index contributed by atoms with van der Waals surface area (Å²) in [6.07, 6.45) is 1.70. The van der Waals surface area contributed by atoms with E-state index in [1.165, 1.54) is 12.7 Å². The molecular formula is C13H19NO2. The second-order valence-electron chi connectivity index (χ2n) is 3.68. The van der Waals surface area contributed by atoms with Gasteiger partial charge in [0, 0.05) is 5.69 Å². The fourth-order valence-electron chi connectivity index (χ4n) is 1.55. The van der Waals surface area contributed by atoms with Crippen molar-refractivity contribution in [1.29, 1.82) is 0 Å². The molecule has 1 unspecified atom stereocenters. The number of ether oxygens (including phenoxy) is 1. The van der Waals surface area contributed by atoms with E-state index in [9.17, 15) is 4.79 Å². The Morgan fingerprint density at radius 2 is 2.19 bits per heavy atom. The molecule has 0 aliphatic rings. The third kappa shape index (κ3) is 3.26. The van der Waals surface area contributed by atoms with Crippen LogP contribution < -0.4 is 5.32 Å². The lowest BCUT2D eigenvalue weighted by Gasteiger charge is -2.16. The van der Waals surface area contributed by atoms with Gasteiger partial charge in [0.2, 0.25) is 0 Å². The van der Waals surface area contributed by atoms with E-state index in [4.69, 9.17) is 4.74 Å². The van der Waals surface area contributed by atoms with Crippen LogP contribution in [0.15, 0.2) is 24.3 Å². The second-order valence-corrected chi connectivity index (χ2v) is 3.68. The van der Waals surface area contributed by atoms with Crippen LogP contribution in [-0.4, -0.2) is 19.1 Å². The number of carbonyl (C=O) groups excluding carboxylic acids is 1. The molecule has 0 fully saturated rings. The van der Waals surface area contributed by atoms with Crippen LogP contribution in [0.2, 0.25) is 0 Å². The number of benzene rings is 1. The van der Waals surface area contributed by atoms with Crippen molar-refractivity contribution in [2.45, 2.75) is 32.7 Å². The van der Waals surface area contributed by atoms with Gasteiger partial charge < -0.3 is 10.1 Å². The molecule has 0 aliphatic carbocycles. The van der Waals surface area contributed by atoms with E-state index in [1.54, 1.807) is 0 Å². The lowest BCUT2D eigenvalue weighted by Crippen LogP contribution is -2.29. The van der Waals surface area contributed by atoms with Crippen molar-refractivity contribution in [3.05, 3.63) is 29.8 Å². The summed E-state index contributed by atoms with van der Waals surface area (Å²) in [5, 5.41) is 3.18. The molecule has 0 aromatic heterocycles. The lowest BCUT2D eigenvalue weighted by atomic mass is 10.1. The number of carbonyl (C=O) groups is 1. The summed E-state index contributed by atoms with van der Waals surface area (Å²) >= 11 is 0. The standard InChI is InChI=1S/C13H19NO2/c1-4-10-7-6-8-11(9-10)14-12(5-2)13(15)16-3/h6-9,12,14H,4-5H2,1-3H3. The maximum Gasteiger partial charge on any atom is 0.328 e. The summed E-state index contributed by atoms with van der Waals surface area (Å²) in [7, 11) is 1.41. The molecule has 1 aromatic rings. The Kier molecular flexibility index (Phi) is 4.83. The molecule has 3 nitrogen and oxygen atoms in total. The van der Waals surface area contributed by atoms with E-state index in [1.807, 2.05) is 19.1 Å². The van der Waals surface area contributed by atoms with Crippen molar-refractivity contribution >= 4 is 11.7 Å². The SMILES string of the molecule is CCc1cccc(NC(CC)C(=O)OC)c1. The first-order valence-corrected chi connectivity index (χ1v) is 5.64. The Hall–Kier alpha value is -1.51. The van der Waals surface area contributed by atoms with E-state index in [-0.39, 0.29) is 12.0 Å². The van der Waals surface area contributed by atoms with Crippen molar-refractivity contribution in [2.75, 3.05) is 12.4 Å². The predicted molar refractivity (Wildman–Crippen MR) is 65.5 cm³/mol. The Bertz CT molecular complexity index is 350. The zero-order valence-corrected chi connectivity index (χ0v) is 10.1. The van der Waals surface area contributed by atoms with Crippen LogP contribution in [0.4, 0.5) is 5.69 Å². The number of esters is 1. The highest BCUT2D eigenvalue weighted by atomic mass is 16.5. The minimum Gasteiger partial charge on any atom is -0.467 e. The average molecular weight is 221 g/mol. The summed E-state index contributed by atoms with van der Waals surface area (Å²) in [5.74, 6) is -0.218. The highest BCUT2D eigenvalue weighted by molar-refractivity contribution is 5.79. The average Bonchev–Trinajstić information content (AvgIpc) is 2.35. The van der Waals surface area contributed by atoms with Gasteiger partial charge >= 0.3 is 5.97 Å². The van der Waals surface area contributed by atoms with Crippen LogP contribution in [0.1, 0.15) is 25.8 Å². The minimum absolute atomic E-state index is 0.218. The van der Waals surface area contributed by atoms with E-state index >= 15 is 0 Å². The molecule has 3 heteroatoms. The van der Waals surface area contributed by atoms with Crippen LogP contribution >= 0.6 is 0 Å². The molecule has 0 heterocycles. The monoisotopic (exact) mass is 221 g/mol. The molecule has 1 rings (SSSR count). The molecule has 1 N–H and O–H groups in total. The van der Waals surface area contributed by atoms with E-state index in [0.717, 1.165) is 12.1 Å². The maximum absolute atomic E-state index is 11.4. The van der Waals surface area contributed by atoms with Gasteiger partial charge in [-0.25, -0.2) is 4.79 Å². The Morgan fingerprint density at radius 1 is 1.44 bits per heavy atom. The van der Waals surface area contributed by atoms with Crippen molar-refractivity contribution in [3.63, 3.8) is 0 Å². The van der Waals surface area contributed by atoms with Gasteiger partial charge in [0.25, 0.3) is 0 Å². The van der Waals surface area contributed by atoms with E-state index < -0.39 is 0 Å². The number of hydrogen-bond acceptors (Lipinski definition) is 3. The second kappa shape index (κ2) is 6.16. The number of methoxy groups -OCH3 is 1. The smallest absolute Gasteiger partial charge is 0.328 e. The third-order valence-electron chi connectivity index (χ3n) is 2.57. The Morgan fingerprint density at radius 3 is 2.75 bits per heavy atom. The molecule has 0 saturated carbocycles. The fraction of sp³-hybridized carbons (Fsp3) is 0.462. The summed E-state index contributed by atoms with van der Waals surface area (Å²) in [5.41, 5.74) is 2.22. The quantitative estimate of drug-likeness (QED) is 0.777. The highest BCUT2D eigenvalue weighted by Gasteiger charge is 2.16. The van der Waals surface area contributed by atoms with Crippen LogP contribution in [0.25, 0.3) is 0 Å². The van der Waals surface area contributed by atoms with Gasteiger partial charge in [-0.15, -0.1) is 0 Å². The molecule has 0 bridgehead atoms. The molecular weight excluding hydrogens is 202 g/mol. The first-order chi connectivity index (χ1) is 7.71. The molecule has 0 spiro atoms. The fourth-order valence-corrected chi connectivity index (χ4v) is 1.55. The van der Waals surface area contributed by atoms with Crippen LogP contribution in [0, 0.1) is 0 Å². The van der Waals surface area contributed by atoms with Gasteiger partial charge in [0.15, 0.2) is 0 Å². The predicted octanol–water partition coefficient (Wildman–Crippen LogP) is 2.61. The first kappa shape index (κ1) is 12.6. The highest BCUT2D eigenvalue weighted by Crippen LogP contribution is 2.13. The van der Waals surface area contributed by atoms with E-state index in [0.29, 0.717) is 6.42 Å². The number of anilines is 1.